The lowest BCUT2D eigenvalue weighted by Gasteiger charge is -2.10. The summed E-state index contributed by atoms with van der Waals surface area (Å²) in [6.07, 6.45) is 1.69. The summed E-state index contributed by atoms with van der Waals surface area (Å²) in [5, 5.41) is 16.3. The topological polar surface area (TPSA) is 77.6 Å². The fourth-order valence-electron chi connectivity index (χ4n) is 2.76. The first kappa shape index (κ1) is 19.2. The molecule has 1 aromatic carbocycles. The highest BCUT2D eigenvalue weighted by molar-refractivity contribution is 7.99. The molecule has 0 aliphatic heterocycles. The Bertz CT molecular complexity index is 942. The molecule has 0 radical (unpaired) electrons. The van der Waals surface area contributed by atoms with E-state index in [-0.39, 0.29) is 17.7 Å². The van der Waals surface area contributed by atoms with Gasteiger partial charge in [0, 0.05) is 6.04 Å². The Hall–Kier alpha value is -2.61. The van der Waals surface area contributed by atoms with Gasteiger partial charge in [0.2, 0.25) is 5.91 Å². The lowest BCUT2D eigenvalue weighted by Crippen LogP contribution is -2.16. The monoisotopic (exact) mass is 384 g/mol. The van der Waals surface area contributed by atoms with Gasteiger partial charge in [0.05, 0.1) is 28.5 Å². The third-order valence-electron chi connectivity index (χ3n) is 4.26. The van der Waals surface area contributed by atoms with Crippen molar-refractivity contribution >= 4 is 23.4 Å². The molecule has 3 rings (SSSR count). The number of thioether (sulfide) groups is 1. The number of anilines is 1. The van der Waals surface area contributed by atoms with Gasteiger partial charge in [-0.15, -0.1) is 10.2 Å². The fourth-order valence-corrected chi connectivity index (χ4v) is 3.60. The largest absolute Gasteiger partial charge is 0.322 e. The Kier molecular flexibility index (Phi) is 5.65. The van der Waals surface area contributed by atoms with Gasteiger partial charge in [-0.3, -0.25) is 4.79 Å². The maximum Gasteiger partial charge on any atom is 0.234 e. The average Bonchev–Trinajstić information content (AvgIpc) is 3.21. The Morgan fingerprint density at radius 1 is 1.19 bits per heavy atom. The summed E-state index contributed by atoms with van der Waals surface area (Å²) in [5.41, 5.74) is 4.62. The zero-order valence-corrected chi connectivity index (χ0v) is 17.0. The normalized spacial score (nSPS) is 11.2. The number of aromatic nitrogens is 5. The van der Waals surface area contributed by atoms with Crippen LogP contribution in [0.5, 0.6) is 0 Å². The molecule has 0 fully saturated rings. The van der Waals surface area contributed by atoms with Crippen LogP contribution in [0, 0.1) is 20.8 Å². The van der Waals surface area contributed by atoms with Gasteiger partial charge < -0.3 is 9.88 Å². The summed E-state index contributed by atoms with van der Waals surface area (Å²) < 4.78 is 3.80. The van der Waals surface area contributed by atoms with E-state index in [4.69, 9.17) is 0 Å². The molecule has 142 valence electrons. The van der Waals surface area contributed by atoms with E-state index in [0.29, 0.717) is 0 Å². The van der Waals surface area contributed by atoms with E-state index in [2.05, 4.69) is 34.5 Å². The number of amides is 1. The van der Waals surface area contributed by atoms with Crippen molar-refractivity contribution in [2.24, 2.45) is 0 Å². The molecule has 1 N–H and O–H groups in total. The van der Waals surface area contributed by atoms with Gasteiger partial charge in [-0.25, -0.2) is 4.68 Å². The summed E-state index contributed by atoms with van der Waals surface area (Å²) in [5.74, 6) is 0.174. The number of nitrogens with one attached hydrogen (secondary N) is 1. The van der Waals surface area contributed by atoms with Crippen molar-refractivity contribution in [2.75, 3.05) is 11.1 Å². The highest BCUT2D eigenvalue weighted by atomic mass is 32.2. The van der Waals surface area contributed by atoms with Gasteiger partial charge in [-0.1, -0.05) is 29.5 Å². The molecular weight excluding hydrogens is 360 g/mol. The smallest absolute Gasteiger partial charge is 0.234 e. The van der Waals surface area contributed by atoms with Crippen LogP contribution in [-0.4, -0.2) is 36.2 Å². The minimum atomic E-state index is -0.0898. The number of aryl methyl sites for hydroxylation is 2. The van der Waals surface area contributed by atoms with Crippen LogP contribution < -0.4 is 5.32 Å². The molecule has 2 heterocycles. The zero-order valence-electron chi connectivity index (χ0n) is 16.2. The van der Waals surface area contributed by atoms with Gasteiger partial charge in [0.1, 0.15) is 6.33 Å². The number of carbonyl (C=O) groups excluding carboxylic acids is 1. The first-order chi connectivity index (χ1) is 12.9. The number of benzene rings is 1. The fraction of sp³-hybridized carbons (Fsp3) is 0.368. The first-order valence-corrected chi connectivity index (χ1v) is 9.80. The molecule has 27 heavy (non-hydrogen) atoms. The third-order valence-corrected chi connectivity index (χ3v) is 5.22. The summed E-state index contributed by atoms with van der Waals surface area (Å²) >= 11 is 1.38. The molecule has 1 amide bonds. The molecule has 0 unspecified atom stereocenters. The zero-order chi connectivity index (χ0) is 19.6. The maximum absolute atomic E-state index is 12.5. The number of rotatable bonds is 6. The second kappa shape index (κ2) is 7.96. The van der Waals surface area contributed by atoms with Crippen molar-refractivity contribution in [3.8, 4) is 5.69 Å². The van der Waals surface area contributed by atoms with E-state index >= 15 is 0 Å². The molecule has 7 nitrogen and oxygen atoms in total. The van der Waals surface area contributed by atoms with Crippen molar-refractivity contribution in [3.63, 3.8) is 0 Å². The van der Waals surface area contributed by atoms with E-state index in [1.54, 1.807) is 6.33 Å². The average molecular weight is 385 g/mol. The van der Waals surface area contributed by atoms with Crippen LogP contribution in [0.3, 0.4) is 0 Å². The van der Waals surface area contributed by atoms with Gasteiger partial charge in [0.15, 0.2) is 5.16 Å². The van der Waals surface area contributed by atoms with Crippen molar-refractivity contribution in [2.45, 2.75) is 45.8 Å². The molecule has 3 aromatic rings. The SMILES string of the molecule is Cc1ccc(-n2nc(C)c(NC(=O)CSc3nncn3C(C)C)c2C)cc1. The Balaban J connectivity index is 1.71. The van der Waals surface area contributed by atoms with Crippen LogP contribution in [0.1, 0.15) is 36.8 Å². The summed E-state index contributed by atoms with van der Waals surface area (Å²) in [4.78, 5) is 12.5. The molecule has 8 heteroatoms. The van der Waals surface area contributed by atoms with Crippen molar-refractivity contribution in [1.82, 2.24) is 24.5 Å². The number of carbonyl (C=O) groups is 1. The molecule has 0 atom stereocenters. The molecule has 0 aliphatic carbocycles. The van der Waals surface area contributed by atoms with Crippen LogP contribution in [-0.2, 0) is 4.79 Å². The maximum atomic E-state index is 12.5. The molecule has 0 bridgehead atoms. The van der Waals surface area contributed by atoms with Gasteiger partial charge in [-0.2, -0.15) is 5.10 Å². The van der Waals surface area contributed by atoms with Crippen molar-refractivity contribution in [3.05, 3.63) is 47.5 Å². The summed E-state index contributed by atoms with van der Waals surface area (Å²) in [7, 11) is 0. The standard InChI is InChI=1S/C19H24N6OS/c1-12(2)24-11-20-22-19(24)27-10-17(26)21-18-14(4)23-25(15(18)5)16-8-6-13(3)7-9-16/h6-9,11-12H,10H2,1-5H3,(H,21,26). The highest BCUT2D eigenvalue weighted by Gasteiger charge is 2.16. The second-order valence-corrected chi connectivity index (χ2v) is 7.69. The Labute approximate surface area is 163 Å². The van der Waals surface area contributed by atoms with Gasteiger partial charge in [0.25, 0.3) is 0 Å². The quantitative estimate of drug-likeness (QED) is 0.656. The van der Waals surface area contributed by atoms with Crippen molar-refractivity contribution in [1.29, 1.82) is 0 Å². The Morgan fingerprint density at radius 3 is 2.56 bits per heavy atom. The molecule has 0 saturated carbocycles. The van der Waals surface area contributed by atoms with Crippen LogP contribution in [0.25, 0.3) is 5.69 Å². The molecular formula is C19H24N6OS. The number of hydrogen-bond donors (Lipinski definition) is 1. The van der Waals surface area contributed by atoms with E-state index in [9.17, 15) is 4.79 Å². The molecule has 0 aliphatic rings. The number of hydrogen-bond acceptors (Lipinski definition) is 5. The minimum Gasteiger partial charge on any atom is -0.322 e. The van der Waals surface area contributed by atoms with Crippen LogP contribution >= 0.6 is 11.8 Å². The van der Waals surface area contributed by atoms with E-state index in [0.717, 1.165) is 27.9 Å². The van der Waals surface area contributed by atoms with Crippen LogP contribution in [0.4, 0.5) is 5.69 Å². The first-order valence-electron chi connectivity index (χ1n) is 8.82. The summed E-state index contributed by atoms with van der Waals surface area (Å²) in [6.45, 7) is 10.0. The minimum absolute atomic E-state index is 0.0898. The second-order valence-electron chi connectivity index (χ2n) is 6.74. The predicted octanol–water partition coefficient (Wildman–Crippen LogP) is 3.70. The summed E-state index contributed by atoms with van der Waals surface area (Å²) in [6, 6.07) is 8.39. The highest BCUT2D eigenvalue weighted by Crippen LogP contribution is 2.24. The van der Waals surface area contributed by atoms with Crippen LogP contribution in [0.15, 0.2) is 35.7 Å². The van der Waals surface area contributed by atoms with Crippen LogP contribution in [0.2, 0.25) is 0 Å². The van der Waals surface area contributed by atoms with Gasteiger partial charge in [-0.05, 0) is 46.8 Å². The van der Waals surface area contributed by atoms with Crippen molar-refractivity contribution < 1.29 is 4.79 Å². The third kappa shape index (κ3) is 4.21. The lowest BCUT2D eigenvalue weighted by atomic mass is 10.2. The molecule has 0 saturated heterocycles. The Morgan fingerprint density at radius 2 is 1.89 bits per heavy atom. The molecule has 0 spiro atoms. The molecule has 2 aromatic heterocycles. The lowest BCUT2D eigenvalue weighted by molar-refractivity contribution is -0.113. The van der Waals surface area contributed by atoms with E-state index in [1.165, 1.54) is 17.3 Å². The van der Waals surface area contributed by atoms with E-state index < -0.39 is 0 Å². The van der Waals surface area contributed by atoms with Gasteiger partial charge >= 0.3 is 0 Å². The van der Waals surface area contributed by atoms with E-state index in [1.807, 2.05) is 54.3 Å². The number of nitrogens with zero attached hydrogens (tertiary/aromatic N) is 5. The predicted molar refractivity (Wildman–Crippen MR) is 108 cm³/mol.